The number of thiophene rings is 1. The van der Waals surface area contributed by atoms with Crippen molar-refractivity contribution in [1.82, 2.24) is 0 Å². The molecule has 0 spiro atoms. The van der Waals surface area contributed by atoms with E-state index in [1.165, 1.54) is 58.8 Å². The molecule has 12 rings (SSSR count). The molecule has 0 aliphatic rings. The molecule has 0 amide bonds. The van der Waals surface area contributed by atoms with E-state index in [1.807, 2.05) is 23.5 Å². The number of fused-ring (bicyclic) bond motifs is 7. The first-order valence-corrected chi connectivity index (χ1v) is 21.6. The summed E-state index contributed by atoms with van der Waals surface area (Å²) in [5, 5.41) is 7.28. The fraction of sp³-hybridized carbons (Fsp3) is 0. The topological polar surface area (TPSA) is 16.4 Å². The van der Waals surface area contributed by atoms with Gasteiger partial charge < -0.3 is 9.32 Å². The number of hydrogen-bond acceptors (Lipinski definition) is 3. The fourth-order valence-corrected chi connectivity index (χ4v) is 10.6. The minimum atomic E-state index is 0.878. The number of benzene rings is 10. The van der Waals surface area contributed by atoms with Gasteiger partial charge in [0.2, 0.25) is 0 Å². The molecule has 0 aliphatic carbocycles. The second kappa shape index (κ2) is 14.5. The molecule has 286 valence electrons. The van der Waals surface area contributed by atoms with Crippen molar-refractivity contribution in [2.75, 3.05) is 4.90 Å². The average molecular weight is 796 g/mol. The predicted octanol–water partition coefficient (Wildman–Crippen LogP) is 17.2. The Kier molecular flexibility index (Phi) is 8.39. The van der Waals surface area contributed by atoms with Gasteiger partial charge in [0.1, 0.15) is 11.2 Å². The number of anilines is 3. The number of hydrogen-bond donors (Lipinski definition) is 0. The van der Waals surface area contributed by atoms with E-state index in [0.717, 1.165) is 55.7 Å². The van der Waals surface area contributed by atoms with Crippen molar-refractivity contribution in [3.63, 3.8) is 0 Å². The molecular weight excluding hydrogens is 759 g/mol. The number of para-hydroxylation sites is 3. The summed E-state index contributed by atoms with van der Waals surface area (Å²) < 4.78 is 9.06. The minimum Gasteiger partial charge on any atom is -0.456 e. The van der Waals surface area contributed by atoms with E-state index in [2.05, 4.69) is 217 Å². The van der Waals surface area contributed by atoms with Crippen molar-refractivity contribution in [2.45, 2.75) is 0 Å². The third kappa shape index (κ3) is 5.93. The van der Waals surface area contributed by atoms with E-state index in [1.54, 1.807) is 0 Å². The molecule has 61 heavy (non-hydrogen) atoms. The zero-order valence-electron chi connectivity index (χ0n) is 33.1. The van der Waals surface area contributed by atoms with Crippen LogP contribution in [0.15, 0.2) is 229 Å². The molecule has 0 saturated carbocycles. The summed E-state index contributed by atoms with van der Waals surface area (Å²) in [6.07, 6.45) is 0. The second-order valence-corrected chi connectivity index (χ2v) is 16.6. The molecule has 0 bridgehead atoms. The highest BCUT2D eigenvalue weighted by atomic mass is 32.1. The zero-order chi connectivity index (χ0) is 40.3. The molecule has 12 aromatic rings. The summed E-state index contributed by atoms with van der Waals surface area (Å²) in [5.74, 6) is 0. The highest BCUT2D eigenvalue weighted by Gasteiger charge is 2.23. The molecule has 0 saturated heterocycles. The van der Waals surface area contributed by atoms with Gasteiger partial charge in [-0.1, -0.05) is 176 Å². The zero-order valence-corrected chi connectivity index (χ0v) is 33.9. The Morgan fingerprint density at radius 2 is 0.934 bits per heavy atom. The Bertz CT molecular complexity index is 3610. The van der Waals surface area contributed by atoms with E-state index < -0.39 is 0 Å². The van der Waals surface area contributed by atoms with Gasteiger partial charge in [-0.25, -0.2) is 0 Å². The van der Waals surface area contributed by atoms with Crippen LogP contribution in [0.2, 0.25) is 0 Å². The summed E-state index contributed by atoms with van der Waals surface area (Å²) in [6, 6.07) is 81.3. The fourth-order valence-electron chi connectivity index (χ4n) is 9.32. The maximum atomic E-state index is 6.46. The Morgan fingerprint density at radius 1 is 0.344 bits per heavy atom. The van der Waals surface area contributed by atoms with Crippen molar-refractivity contribution in [2.24, 2.45) is 0 Å². The smallest absolute Gasteiger partial charge is 0.136 e. The van der Waals surface area contributed by atoms with Gasteiger partial charge in [-0.2, -0.15) is 0 Å². The molecule has 10 aromatic carbocycles. The molecule has 0 atom stereocenters. The van der Waals surface area contributed by atoms with Gasteiger partial charge in [-0.3, -0.25) is 0 Å². The Labute approximate surface area is 357 Å². The summed E-state index contributed by atoms with van der Waals surface area (Å²) in [5.41, 5.74) is 14.4. The van der Waals surface area contributed by atoms with Gasteiger partial charge in [0, 0.05) is 47.8 Å². The van der Waals surface area contributed by atoms with Crippen LogP contribution in [-0.2, 0) is 0 Å². The lowest BCUT2D eigenvalue weighted by atomic mass is 9.90. The van der Waals surface area contributed by atoms with E-state index >= 15 is 0 Å². The predicted molar refractivity (Wildman–Crippen MR) is 261 cm³/mol. The Morgan fingerprint density at radius 3 is 1.80 bits per heavy atom. The second-order valence-electron chi connectivity index (χ2n) is 15.6. The van der Waals surface area contributed by atoms with Crippen molar-refractivity contribution in [3.05, 3.63) is 224 Å². The van der Waals surface area contributed by atoms with Crippen LogP contribution < -0.4 is 4.90 Å². The largest absolute Gasteiger partial charge is 0.456 e. The van der Waals surface area contributed by atoms with Crippen LogP contribution in [0, 0.1) is 0 Å². The average Bonchev–Trinajstić information content (AvgIpc) is 3.90. The summed E-state index contributed by atoms with van der Waals surface area (Å²) in [4.78, 5) is 2.46. The van der Waals surface area contributed by atoms with Gasteiger partial charge in [-0.05, 0) is 92.7 Å². The van der Waals surface area contributed by atoms with Gasteiger partial charge in [-0.15, -0.1) is 11.3 Å². The molecule has 2 aromatic heterocycles. The molecular formula is C58H37NOS. The molecule has 2 heterocycles. The number of furan rings is 1. The van der Waals surface area contributed by atoms with Crippen LogP contribution in [-0.4, -0.2) is 0 Å². The van der Waals surface area contributed by atoms with Crippen molar-refractivity contribution < 1.29 is 4.42 Å². The molecule has 3 heteroatoms. The highest BCUT2D eigenvalue weighted by molar-refractivity contribution is 7.26. The van der Waals surface area contributed by atoms with Crippen molar-refractivity contribution >= 4 is 81.3 Å². The lowest BCUT2D eigenvalue weighted by Crippen LogP contribution is -2.12. The molecule has 0 fully saturated rings. The molecule has 0 radical (unpaired) electrons. The monoisotopic (exact) mass is 795 g/mol. The Balaban J connectivity index is 1.11. The molecule has 0 N–H and O–H groups in total. The minimum absolute atomic E-state index is 0.878. The van der Waals surface area contributed by atoms with E-state index in [4.69, 9.17) is 4.42 Å². The van der Waals surface area contributed by atoms with Crippen LogP contribution in [0.3, 0.4) is 0 Å². The van der Waals surface area contributed by atoms with Gasteiger partial charge in [0.15, 0.2) is 0 Å². The van der Waals surface area contributed by atoms with Crippen LogP contribution in [0.25, 0.3) is 97.4 Å². The highest BCUT2D eigenvalue weighted by Crippen LogP contribution is 2.49. The van der Waals surface area contributed by atoms with Crippen molar-refractivity contribution in [1.29, 1.82) is 0 Å². The van der Waals surface area contributed by atoms with Crippen molar-refractivity contribution in [3.8, 4) is 44.5 Å². The van der Waals surface area contributed by atoms with Crippen LogP contribution in [0.1, 0.15) is 0 Å². The SMILES string of the molecule is c1ccc(-c2cccc3cccc(-c4ccccc4N(c4cccc(-c5cccc6c5sc5ccccc56)c4)c4ccccc4-c4ccc5c(c4)oc4ccccc45)c23)cc1. The van der Waals surface area contributed by atoms with Gasteiger partial charge in [0.05, 0.1) is 11.4 Å². The maximum absolute atomic E-state index is 6.46. The third-order valence-corrected chi connectivity index (χ3v) is 13.3. The maximum Gasteiger partial charge on any atom is 0.136 e. The van der Waals surface area contributed by atoms with Gasteiger partial charge >= 0.3 is 0 Å². The lowest BCUT2D eigenvalue weighted by molar-refractivity contribution is 0.669. The number of rotatable bonds is 7. The first-order valence-electron chi connectivity index (χ1n) is 20.7. The third-order valence-electron chi connectivity index (χ3n) is 12.1. The number of nitrogens with zero attached hydrogens (tertiary/aromatic N) is 1. The van der Waals surface area contributed by atoms with Crippen LogP contribution >= 0.6 is 11.3 Å². The van der Waals surface area contributed by atoms with E-state index in [0.29, 0.717) is 0 Å². The summed E-state index contributed by atoms with van der Waals surface area (Å²) in [6.45, 7) is 0. The van der Waals surface area contributed by atoms with E-state index in [9.17, 15) is 0 Å². The summed E-state index contributed by atoms with van der Waals surface area (Å²) >= 11 is 1.87. The van der Waals surface area contributed by atoms with Gasteiger partial charge in [0.25, 0.3) is 0 Å². The standard InChI is InChI=1S/C58H37NOS/c1-2-16-38(17-3-1)44-26-13-18-39-19-14-28-50(57(39)44)46-23-5-9-31-53(46)59(42-21-12-20-40(36-42)45-27-15-29-51-49-25-7-11-33-56(49)61-58(45)51)52-30-8-4-22-43(52)41-34-35-48-47-24-6-10-32-54(47)60-55(48)37-41/h1-37H. The van der Waals surface area contributed by atoms with E-state index in [-0.39, 0.29) is 0 Å². The molecule has 0 unspecified atom stereocenters. The quantitative estimate of drug-likeness (QED) is 0.160. The normalized spacial score (nSPS) is 11.6. The lowest BCUT2D eigenvalue weighted by Gasteiger charge is -2.30. The first kappa shape index (κ1) is 35.2. The summed E-state index contributed by atoms with van der Waals surface area (Å²) in [7, 11) is 0. The van der Waals surface area contributed by atoms with Crippen LogP contribution in [0.4, 0.5) is 17.1 Å². The van der Waals surface area contributed by atoms with Crippen LogP contribution in [0.5, 0.6) is 0 Å². The molecule has 2 nitrogen and oxygen atoms in total. The first-order chi connectivity index (χ1) is 30.3. The Hall–Kier alpha value is -7.72. The molecule has 0 aliphatic heterocycles.